The summed E-state index contributed by atoms with van der Waals surface area (Å²) in [5.41, 5.74) is 0.311. The fourth-order valence-corrected chi connectivity index (χ4v) is 5.55. The van der Waals surface area contributed by atoms with E-state index in [2.05, 4.69) is 5.32 Å². The highest BCUT2D eigenvalue weighted by atomic mass is 35.5. The fourth-order valence-electron chi connectivity index (χ4n) is 3.75. The van der Waals surface area contributed by atoms with Crippen molar-refractivity contribution in [2.45, 2.75) is 50.7 Å². The molecule has 0 saturated carbocycles. The number of halogens is 2. The summed E-state index contributed by atoms with van der Waals surface area (Å²) in [7, 11) is -4.15. The summed E-state index contributed by atoms with van der Waals surface area (Å²) >= 11 is 12.6. The quantitative estimate of drug-likeness (QED) is 0.364. The van der Waals surface area contributed by atoms with E-state index in [9.17, 15) is 18.0 Å². The van der Waals surface area contributed by atoms with Crippen molar-refractivity contribution in [3.63, 3.8) is 0 Å². The molecule has 1 atom stereocenters. The zero-order valence-electron chi connectivity index (χ0n) is 21.7. The van der Waals surface area contributed by atoms with Gasteiger partial charge in [0.1, 0.15) is 12.6 Å². The molecule has 0 bridgehead atoms. The summed E-state index contributed by atoms with van der Waals surface area (Å²) in [5, 5.41) is 3.63. The van der Waals surface area contributed by atoms with Crippen molar-refractivity contribution in [3.05, 3.63) is 94.5 Å². The van der Waals surface area contributed by atoms with Crippen LogP contribution in [0.1, 0.15) is 33.3 Å². The number of nitrogens with zero attached hydrogens (tertiary/aromatic N) is 2. The monoisotopic (exact) mass is 575 g/mol. The van der Waals surface area contributed by atoms with E-state index in [1.165, 1.54) is 23.1 Å². The highest BCUT2D eigenvalue weighted by Gasteiger charge is 2.33. The van der Waals surface area contributed by atoms with Crippen LogP contribution in [0.5, 0.6) is 0 Å². The molecule has 2 amide bonds. The third-order valence-electron chi connectivity index (χ3n) is 5.67. The molecule has 3 rings (SSSR count). The van der Waals surface area contributed by atoms with Gasteiger partial charge in [0.25, 0.3) is 10.0 Å². The molecular formula is C28H31Cl2N3O4S. The van der Waals surface area contributed by atoms with Crippen LogP contribution in [-0.4, -0.2) is 43.3 Å². The van der Waals surface area contributed by atoms with Gasteiger partial charge in [0.2, 0.25) is 11.8 Å². The maximum absolute atomic E-state index is 13.9. The number of carbonyl (C=O) groups excluding carboxylic acids is 2. The van der Waals surface area contributed by atoms with Gasteiger partial charge in [0.05, 0.1) is 10.6 Å². The first-order valence-electron chi connectivity index (χ1n) is 12.0. The molecule has 0 fully saturated rings. The minimum absolute atomic E-state index is 0.00596. The average molecular weight is 577 g/mol. The molecule has 0 unspecified atom stereocenters. The van der Waals surface area contributed by atoms with E-state index in [0.29, 0.717) is 15.6 Å². The molecule has 3 aromatic rings. The van der Waals surface area contributed by atoms with Gasteiger partial charge < -0.3 is 10.2 Å². The zero-order chi connectivity index (χ0) is 28.1. The summed E-state index contributed by atoms with van der Waals surface area (Å²) in [6.07, 6.45) is 0. The van der Waals surface area contributed by atoms with E-state index in [1.54, 1.807) is 67.6 Å². The molecule has 3 aromatic carbocycles. The van der Waals surface area contributed by atoms with Crippen LogP contribution in [0.15, 0.2) is 83.8 Å². The number of amides is 2. The molecule has 7 nitrogen and oxygen atoms in total. The Hall–Kier alpha value is -3.07. The van der Waals surface area contributed by atoms with Crippen LogP contribution >= 0.6 is 23.2 Å². The van der Waals surface area contributed by atoms with Gasteiger partial charge in [-0.05, 0) is 69.7 Å². The largest absolute Gasteiger partial charge is 0.350 e. The first kappa shape index (κ1) is 29.5. The molecule has 0 spiro atoms. The van der Waals surface area contributed by atoms with Gasteiger partial charge in [0, 0.05) is 22.1 Å². The van der Waals surface area contributed by atoms with E-state index in [1.807, 2.05) is 20.8 Å². The number of sulfonamides is 1. The van der Waals surface area contributed by atoms with E-state index in [-0.39, 0.29) is 23.0 Å². The Labute approximate surface area is 234 Å². The summed E-state index contributed by atoms with van der Waals surface area (Å²) < 4.78 is 28.4. The highest BCUT2D eigenvalue weighted by molar-refractivity contribution is 7.92. The Balaban J connectivity index is 2.04. The number of hydrogen-bond acceptors (Lipinski definition) is 4. The number of rotatable bonds is 9. The Bertz CT molecular complexity index is 1390. The summed E-state index contributed by atoms with van der Waals surface area (Å²) in [6.45, 7) is 6.56. The maximum Gasteiger partial charge on any atom is 0.264 e. The smallest absolute Gasteiger partial charge is 0.264 e. The van der Waals surface area contributed by atoms with Crippen molar-refractivity contribution in [2.24, 2.45) is 0 Å². The number of benzene rings is 3. The lowest BCUT2D eigenvalue weighted by Crippen LogP contribution is -2.54. The minimum atomic E-state index is -4.15. The third kappa shape index (κ3) is 7.49. The Morgan fingerprint density at radius 2 is 1.55 bits per heavy atom. The van der Waals surface area contributed by atoms with Gasteiger partial charge in [-0.3, -0.25) is 13.9 Å². The SMILES string of the molecule is C[C@H](C(=O)NC(C)(C)C)N(Cc1ccccc1Cl)C(=O)CN(c1cccc(Cl)c1)S(=O)(=O)c1ccccc1. The molecule has 0 aliphatic rings. The second-order valence-corrected chi connectivity index (χ2v) is 12.5. The average Bonchev–Trinajstić information content (AvgIpc) is 2.85. The Kier molecular flexibility index (Phi) is 9.46. The van der Waals surface area contributed by atoms with Crippen LogP contribution in [0.4, 0.5) is 5.69 Å². The zero-order valence-corrected chi connectivity index (χ0v) is 24.0. The number of hydrogen-bond donors (Lipinski definition) is 1. The number of carbonyl (C=O) groups is 2. The summed E-state index contributed by atoms with van der Waals surface area (Å²) in [5.74, 6) is -0.959. The van der Waals surface area contributed by atoms with Gasteiger partial charge >= 0.3 is 0 Å². The van der Waals surface area contributed by atoms with Gasteiger partial charge in [-0.2, -0.15) is 0 Å². The predicted molar refractivity (Wildman–Crippen MR) is 152 cm³/mol. The second kappa shape index (κ2) is 12.2. The van der Waals surface area contributed by atoms with Crippen molar-refractivity contribution < 1.29 is 18.0 Å². The van der Waals surface area contributed by atoms with Crippen LogP contribution in [0, 0.1) is 0 Å². The van der Waals surface area contributed by atoms with E-state index >= 15 is 0 Å². The van der Waals surface area contributed by atoms with Gasteiger partial charge in [-0.1, -0.05) is 65.7 Å². The standard InChI is InChI=1S/C28H31Cl2N3O4S/c1-20(27(35)31-28(2,3)4)32(18-21-11-8-9-16-25(21)30)26(34)19-33(23-13-10-12-22(29)17-23)38(36,37)24-14-6-5-7-15-24/h5-17,20H,18-19H2,1-4H3,(H,31,35)/t20-/m1/s1. The van der Waals surface area contributed by atoms with Crippen molar-refractivity contribution >= 4 is 50.7 Å². The molecule has 38 heavy (non-hydrogen) atoms. The van der Waals surface area contributed by atoms with Crippen LogP contribution in [0.25, 0.3) is 0 Å². The molecule has 0 saturated heterocycles. The molecule has 202 valence electrons. The maximum atomic E-state index is 13.9. The molecule has 0 aromatic heterocycles. The molecule has 0 aliphatic carbocycles. The molecule has 0 aliphatic heterocycles. The van der Waals surface area contributed by atoms with E-state index < -0.39 is 34.1 Å². The van der Waals surface area contributed by atoms with Crippen LogP contribution in [0.3, 0.4) is 0 Å². The normalized spacial score (nSPS) is 12.5. The van der Waals surface area contributed by atoms with Crippen LogP contribution in [0.2, 0.25) is 10.0 Å². The lowest BCUT2D eigenvalue weighted by atomic mass is 10.1. The summed E-state index contributed by atoms with van der Waals surface area (Å²) in [6, 6.07) is 20.2. The minimum Gasteiger partial charge on any atom is -0.350 e. The fraction of sp³-hybridized carbons (Fsp3) is 0.286. The molecule has 1 N–H and O–H groups in total. The van der Waals surface area contributed by atoms with Crippen molar-refractivity contribution in [1.29, 1.82) is 0 Å². The van der Waals surface area contributed by atoms with Crippen molar-refractivity contribution in [1.82, 2.24) is 10.2 Å². The molecular weight excluding hydrogens is 545 g/mol. The lowest BCUT2D eigenvalue weighted by Gasteiger charge is -2.33. The number of nitrogens with one attached hydrogen (secondary N) is 1. The van der Waals surface area contributed by atoms with Crippen molar-refractivity contribution in [3.8, 4) is 0 Å². The topological polar surface area (TPSA) is 86.8 Å². The molecule has 0 radical (unpaired) electrons. The number of anilines is 1. The van der Waals surface area contributed by atoms with Gasteiger partial charge in [-0.25, -0.2) is 8.42 Å². The molecule has 10 heteroatoms. The molecule has 0 heterocycles. The summed E-state index contributed by atoms with van der Waals surface area (Å²) in [4.78, 5) is 28.3. The third-order valence-corrected chi connectivity index (χ3v) is 8.06. The Morgan fingerprint density at radius 1 is 0.921 bits per heavy atom. The predicted octanol–water partition coefficient (Wildman–Crippen LogP) is 5.52. The highest BCUT2D eigenvalue weighted by Crippen LogP contribution is 2.27. The van der Waals surface area contributed by atoms with Gasteiger partial charge in [-0.15, -0.1) is 0 Å². The Morgan fingerprint density at radius 3 is 2.16 bits per heavy atom. The lowest BCUT2D eigenvalue weighted by molar-refractivity contribution is -0.140. The van der Waals surface area contributed by atoms with Crippen molar-refractivity contribution in [2.75, 3.05) is 10.8 Å². The first-order chi connectivity index (χ1) is 17.8. The van der Waals surface area contributed by atoms with E-state index in [0.717, 1.165) is 4.31 Å². The van der Waals surface area contributed by atoms with Crippen LogP contribution in [-0.2, 0) is 26.2 Å². The van der Waals surface area contributed by atoms with Gasteiger partial charge in [0.15, 0.2) is 0 Å². The van der Waals surface area contributed by atoms with E-state index in [4.69, 9.17) is 23.2 Å². The first-order valence-corrected chi connectivity index (χ1v) is 14.2. The van der Waals surface area contributed by atoms with Crippen LogP contribution < -0.4 is 9.62 Å². The second-order valence-electron chi connectivity index (χ2n) is 9.83.